The first kappa shape index (κ1) is 9.14. The molecule has 0 spiro atoms. The van der Waals surface area contributed by atoms with Crippen molar-refractivity contribution in [3.05, 3.63) is 0 Å². The summed E-state index contributed by atoms with van der Waals surface area (Å²) in [7, 11) is 0. The van der Waals surface area contributed by atoms with Crippen LogP contribution in [-0.4, -0.2) is 35.8 Å². The number of hydrogen-bond acceptors (Lipinski definition) is 5. The van der Waals surface area contributed by atoms with Gasteiger partial charge in [-0.15, -0.1) is 0 Å². The molecule has 6 heteroatoms. The van der Waals surface area contributed by atoms with E-state index >= 15 is 0 Å². The van der Waals surface area contributed by atoms with Crippen LogP contribution in [0.4, 0.5) is 0 Å². The number of amidine groups is 1. The molecule has 2 heterocycles. The standard InChI is InChI=1S/C8H13N5O/c1-3-4(2)11-6-5(10-3)7(14)13-8(9)12-6/h3-4,8H,9H2,1-2H3,(H,11,12)(H,13,14). The van der Waals surface area contributed by atoms with Crippen LogP contribution in [0.3, 0.4) is 0 Å². The lowest BCUT2D eigenvalue weighted by atomic mass is 10.1. The van der Waals surface area contributed by atoms with Crippen molar-refractivity contribution in [2.75, 3.05) is 0 Å². The van der Waals surface area contributed by atoms with Gasteiger partial charge in [0.25, 0.3) is 5.91 Å². The van der Waals surface area contributed by atoms with Crippen LogP contribution in [0.5, 0.6) is 0 Å². The number of aliphatic imine (C=N–C) groups is 2. The van der Waals surface area contributed by atoms with Gasteiger partial charge in [0.2, 0.25) is 0 Å². The Bertz CT molecular complexity index is 335. The van der Waals surface area contributed by atoms with Gasteiger partial charge in [0.05, 0.1) is 6.04 Å². The Morgan fingerprint density at radius 3 is 2.71 bits per heavy atom. The van der Waals surface area contributed by atoms with Gasteiger partial charge in [0.15, 0.2) is 17.8 Å². The van der Waals surface area contributed by atoms with Crippen molar-refractivity contribution >= 4 is 17.5 Å². The van der Waals surface area contributed by atoms with Crippen molar-refractivity contribution < 1.29 is 4.79 Å². The lowest BCUT2D eigenvalue weighted by Crippen LogP contribution is -2.59. The quantitative estimate of drug-likeness (QED) is 0.443. The summed E-state index contributed by atoms with van der Waals surface area (Å²) in [6.07, 6.45) is -0.662. The number of carbonyl (C=O) groups is 1. The number of nitrogens with one attached hydrogen (secondary N) is 2. The van der Waals surface area contributed by atoms with Gasteiger partial charge in [-0.3, -0.25) is 15.5 Å². The van der Waals surface area contributed by atoms with Gasteiger partial charge in [0.1, 0.15) is 0 Å². The van der Waals surface area contributed by atoms with E-state index in [2.05, 4.69) is 20.6 Å². The second-order valence-corrected chi connectivity index (χ2v) is 3.55. The normalized spacial score (nSPS) is 36.2. The van der Waals surface area contributed by atoms with E-state index in [-0.39, 0.29) is 18.0 Å². The topological polar surface area (TPSA) is 91.9 Å². The highest BCUT2D eigenvalue weighted by atomic mass is 16.2. The Morgan fingerprint density at radius 2 is 2.00 bits per heavy atom. The number of nitrogens with zero attached hydrogens (tertiary/aromatic N) is 2. The lowest BCUT2D eigenvalue weighted by molar-refractivity contribution is -0.115. The molecule has 14 heavy (non-hydrogen) atoms. The van der Waals surface area contributed by atoms with Crippen LogP contribution in [0.2, 0.25) is 0 Å². The molecule has 0 aliphatic carbocycles. The summed E-state index contributed by atoms with van der Waals surface area (Å²) in [5.41, 5.74) is 5.86. The fourth-order valence-electron chi connectivity index (χ4n) is 1.42. The molecule has 76 valence electrons. The largest absolute Gasteiger partial charge is 0.364 e. The van der Waals surface area contributed by atoms with E-state index in [4.69, 9.17) is 5.73 Å². The first-order valence-electron chi connectivity index (χ1n) is 4.57. The van der Waals surface area contributed by atoms with E-state index in [1.54, 1.807) is 0 Å². The fourth-order valence-corrected chi connectivity index (χ4v) is 1.42. The molecular formula is C8H13N5O. The van der Waals surface area contributed by atoms with Gasteiger partial charge in [-0.25, -0.2) is 4.99 Å². The summed E-state index contributed by atoms with van der Waals surface area (Å²) >= 11 is 0. The highest BCUT2D eigenvalue weighted by Crippen LogP contribution is 2.08. The molecule has 0 saturated heterocycles. The third kappa shape index (κ3) is 1.37. The molecule has 2 aliphatic heterocycles. The zero-order valence-electron chi connectivity index (χ0n) is 8.11. The average molecular weight is 195 g/mol. The summed E-state index contributed by atoms with van der Waals surface area (Å²) in [4.78, 5) is 19.8. The number of rotatable bonds is 0. The molecule has 4 N–H and O–H groups in total. The molecule has 2 rings (SSSR count). The lowest BCUT2D eigenvalue weighted by Gasteiger charge is -2.30. The van der Waals surface area contributed by atoms with Crippen LogP contribution in [-0.2, 0) is 4.79 Å². The van der Waals surface area contributed by atoms with Crippen molar-refractivity contribution in [1.82, 2.24) is 10.6 Å². The molecule has 0 aromatic heterocycles. The Hall–Kier alpha value is -1.43. The molecular weight excluding hydrogens is 182 g/mol. The predicted molar refractivity (Wildman–Crippen MR) is 53.0 cm³/mol. The van der Waals surface area contributed by atoms with Gasteiger partial charge in [-0.2, -0.15) is 0 Å². The van der Waals surface area contributed by atoms with E-state index in [0.29, 0.717) is 11.5 Å². The van der Waals surface area contributed by atoms with E-state index in [9.17, 15) is 4.79 Å². The third-order valence-electron chi connectivity index (χ3n) is 2.41. The zero-order valence-corrected chi connectivity index (χ0v) is 8.11. The van der Waals surface area contributed by atoms with Gasteiger partial charge in [-0.1, -0.05) is 0 Å². The van der Waals surface area contributed by atoms with Crippen molar-refractivity contribution in [3.63, 3.8) is 0 Å². The molecule has 6 nitrogen and oxygen atoms in total. The summed E-state index contributed by atoms with van der Waals surface area (Å²) in [5.74, 6) is 0.251. The Balaban J connectivity index is 2.38. The average Bonchev–Trinajstić information content (AvgIpc) is 2.08. The van der Waals surface area contributed by atoms with Gasteiger partial charge in [0, 0.05) is 6.04 Å². The van der Waals surface area contributed by atoms with Crippen LogP contribution in [0, 0.1) is 0 Å². The minimum absolute atomic E-state index is 0.0732. The van der Waals surface area contributed by atoms with Crippen LogP contribution in [0.1, 0.15) is 13.8 Å². The molecule has 0 aromatic carbocycles. The van der Waals surface area contributed by atoms with Crippen LogP contribution in [0.25, 0.3) is 0 Å². The van der Waals surface area contributed by atoms with Crippen molar-refractivity contribution in [3.8, 4) is 0 Å². The number of nitrogens with two attached hydrogens (primary N) is 1. The molecule has 0 radical (unpaired) electrons. The second kappa shape index (κ2) is 3.06. The Kier molecular flexibility index (Phi) is 1.99. The molecule has 0 fully saturated rings. The molecule has 0 aromatic rings. The Labute approximate surface area is 81.7 Å². The van der Waals surface area contributed by atoms with Crippen LogP contribution >= 0.6 is 0 Å². The smallest absolute Gasteiger partial charge is 0.275 e. The molecule has 3 unspecified atom stereocenters. The maximum absolute atomic E-state index is 11.4. The summed E-state index contributed by atoms with van der Waals surface area (Å²) < 4.78 is 0. The van der Waals surface area contributed by atoms with E-state index in [1.165, 1.54) is 0 Å². The first-order valence-corrected chi connectivity index (χ1v) is 4.57. The second-order valence-electron chi connectivity index (χ2n) is 3.55. The van der Waals surface area contributed by atoms with Crippen molar-refractivity contribution in [2.24, 2.45) is 15.7 Å². The molecule has 0 bridgehead atoms. The van der Waals surface area contributed by atoms with Crippen molar-refractivity contribution in [2.45, 2.75) is 32.2 Å². The maximum atomic E-state index is 11.4. The number of fused-ring (bicyclic) bond motifs is 1. The van der Waals surface area contributed by atoms with Gasteiger partial charge < -0.3 is 10.6 Å². The van der Waals surface area contributed by atoms with E-state index < -0.39 is 6.29 Å². The maximum Gasteiger partial charge on any atom is 0.275 e. The highest BCUT2D eigenvalue weighted by Gasteiger charge is 2.31. The minimum Gasteiger partial charge on any atom is -0.364 e. The third-order valence-corrected chi connectivity index (χ3v) is 2.41. The predicted octanol–water partition coefficient (Wildman–Crippen LogP) is -1.42. The van der Waals surface area contributed by atoms with Gasteiger partial charge >= 0.3 is 0 Å². The molecule has 0 saturated carbocycles. The van der Waals surface area contributed by atoms with E-state index in [0.717, 1.165) is 0 Å². The first-order chi connectivity index (χ1) is 6.58. The van der Waals surface area contributed by atoms with Crippen molar-refractivity contribution in [1.29, 1.82) is 0 Å². The van der Waals surface area contributed by atoms with Crippen LogP contribution in [0.15, 0.2) is 9.98 Å². The number of hydrogen-bond donors (Lipinski definition) is 3. The number of amides is 1. The fraction of sp³-hybridized carbons (Fsp3) is 0.625. The molecule has 1 amide bonds. The highest BCUT2D eigenvalue weighted by molar-refractivity contribution is 6.67. The zero-order chi connectivity index (χ0) is 10.3. The molecule has 3 atom stereocenters. The summed E-state index contributed by atoms with van der Waals surface area (Å²) in [6.45, 7) is 3.94. The molecule has 2 aliphatic rings. The monoisotopic (exact) mass is 195 g/mol. The summed E-state index contributed by atoms with van der Waals surface area (Å²) in [6, 6.07) is 0.250. The van der Waals surface area contributed by atoms with E-state index in [1.807, 2.05) is 13.8 Å². The summed E-state index contributed by atoms with van der Waals surface area (Å²) in [5, 5.41) is 5.60. The number of carbonyl (C=O) groups excluding carboxylic acids is 1. The minimum atomic E-state index is -0.662. The van der Waals surface area contributed by atoms with Crippen LogP contribution < -0.4 is 16.4 Å². The SMILES string of the molecule is CC1N=C2C(=O)NC(N)N=C2NC1C. The van der Waals surface area contributed by atoms with Gasteiger partial charge in [-0.05, 0) is 13.8 Å². The Morgan fingerprint density at radius 1 is 1.29 bits per heavy atom.